The average Bonchev–Trinajstić information content (AvgIpc) is 3.31. The maximum Gasteiger partial charge on any atom is 0.338 e. The number of hydrogen-bond acceptors (Lipinski definition) is 7. The SMILES string of the molecule is CCOC(=O)C1=C(c2ccccc2)N=c2s/c(=C\c3ccc(OCC)c(OC)c3)c(=O)n2[C@H]1c1ccc(C(C)C)cc1. The van der Waals surface area contributed by atoms with E-state index < -0.39 is 12.0 Å². The summed E-state index contributed by atoms with van der Waals surface area (Å²) < 4.78 is 18.8. The summed E-state index contributed by atoms with van der Waals surface area (Å²) in [5.41, 5.74) is 4.13. The first-order valence-corrected chi connectivity index (χ1v) is 14.9. The summed E-state index contributed by atoms with van der Waals surface area (Å²) >= 11 is 1.29. The number of nitrogens with zero attached hydrogens (tertiary/aromatic N) is 2. The van der Waals surface area contributed by atoms with Gasteiger partial charge in [-0.2, -0.15) is 0 Å². The lowest BCUT2D eigenvalue weighted by atomic mass is 9.91. The predicted molar refractivity (Wildman–Crippen MR) is 166 cm³/mol. The Labute approximate surface area is 249 Å². The van der Waals surface area contributed by atoms with Gasteiger partial charge in [0.25, 0.3) is 5.56 Å². The summed E-state index contributed by atoms with van der Waals surface area (Å²) in [6.07, 6.45) is 1.82. The lowest BCUT2D eigenvalue weighted by molar-refractivity contribution is -0.138. The lowest BCUT2D eigenvalue weighted by Gasteiger charge is -2.26. The van der Waals surface area contributed by atoms with Crippen LogP contribution >= 0.6 is 11.3 Å². The fourth-order valence-corrected chi connectivity index (χ4v) is 6.02. The summed E-state index contributed by atoms with van der Waals surface area (Å²) in [6.45, 7) is 8.66. The molecule has 0 fully saturated rings. The van der Waals surface area contributed by atoms with Gasteiger partial charge < -0.3 is 14.2 Å². The van der Waals surface area contributed by atoms with Crippen LogP contribution in [0.5, 0.6) is 11.5 Å². The molecule has 1 aromatic heterocycles. The Hall–Kier alpha value is -4.43. The van der Waals surface area contributed by atoms with Crippen LogP contribution in [0, 0.1) is 0 Å². The molecule has 1 atom stereocenters. The zero-order valence-corrected chi connectivity index (χ0v) is 25.2. The Bertz CT molecular complexity index is 1800. The molecule has 216 valence electrons. The van der Waals surface area contributed by atoms with Gasteiger partial charge in [0.15, 0.2) is 16.3 Å². The van der Waals surface area contributed by atoms with Gasteiger partial charge in [-0.3, -0.25) is 9.36 Å². The van der Waals surface area contributed by atoms with E-state index in [1.54, 1.807) is 18.6 Å². The second kappa shape index (κ2) is 12.6. The third kappa shape index (κ3) is 5.67. The number of thiazole rings is 1. The first kappa shape index (κ1) is 29.1. The number of carbonyl (C=O) groups excluding carboxylic acids is 1. The van der Waals surface area contributed by atoms with E-state index in [1.807, 2.05) is 85.8 Å². The topological polar surface area (TPSA) is 79.1 Å². The van der Waals surface area contributed by atoms with Crippen molar-refractivity contribution >= 4 is 29.1 Å². The number of hydrogen-bond donors (Lipinski definition) is 0. The van der Waals surface area contributed by atoms with E-state index in [0.29, 0.717) is 44.6 Å². The van der Waals surface area contributed by atoms with E-state index in [-0.39, 0.29) is 12.2 Å². The van der Waals surface area contributed by atoms with Gasteiger partial charge in [-0.05, 0) is 54.7 Å². The van der Waals surface area contributed by atoms with E-state index in [2.05, 4.69) is 13.8 Å². The molecule has 0 saturated carbocycles. The van der Waals surface area contributed by atoms with Gasteiger partial charge in [-0.25, -0.2) is 9.79 Å². The first-order valence-electron chi connectivity index (χ1n) is 14.0. The van der Waals surface area contributed by atoms with E-state index >= 15 is 0 Å². The van der Waals surface area contributed by atoms with Crippen molar-refractivity contribution in [3.8, 4) is 11.5 Å². The van der Waals surface area contributed by atoms with Gasteiger partial charge >= 0.3 is 5.97 Å². The number of ether oxygens (including phenoxy) is 3. The minimum atomic E-state index is -0.714. The van der Waals surface area contributed by atoms with Crippen LogP contribution < -0.4 is 24.4 Å². The van der Waals surface area contributed by atoms with Gasteiger partial charge in [-0.15, -0.1) is 0 Å². The van der Waals surface area contributed by atoms with Crippen molar-refractivity contribution in [1.82, 2.24) is 4.57 Å². The largest absolute Gasteiger partial charge is 0.493 e. The molecule has 4 aromatic rings. The van der Waals surface area contributed by atoms with Gasteiger partial charge in [0.1, 0.15) is 0 Å². The Balaban J connectivity index is 1.77. The summed E-state index contributed by atoms with van der Waals surface area (Å²) in [5.74, 6) is 1.06. The Kier molecular flexibility index (Phi) is 8.73. The first-order chi connectivity index (χ1) is 20.4. The van der Waals surface area contributed by atoms with Crippen molar-refractivity contribution in [3.05, 3.63) is 120 Å². The maximum absolute atomic E-state index is 14.1. The highest BCUT2D eigenvalue weighted by Crippen LogP contribution is 2.35. The number of aromatic nitrogens is 1. The summed E-state index contributed by atoms with van der Waals surface area (Å²) in [7, 11) is 1.59. The van der Waals surface area contributed by atoms with Gasteiger partial charge in [0.2, 0.25) is 0 Å². The number of carbonyl (C=O) groups is 1. The van der Waals surface area contributed by atoms with Crippen LogP contribution in [0.4, 0.5) is 0 Å². The average molecular weight is 583 g/mol. The Morgan fingerprint density at radius 3 is 2.38 bits per heavy atom. The molecule has 0 aliphatic carbocycles. The molecule has 42 heavy (non-hydrogen) atoms. The molecule has 0 amide bonds. The smallest absolute Gasteiger partial charge is 0.338 e. The molecule has 1 aliphatic rings. The highest BCUT2D eigenvalue weighted by atomic mass is 32.1. The van der Waals surface area contributed by atoms with E-state index in [1.165, 1.54) is 16.9 Å². The second-order valence-corrected chi connectivity index (χ2v) is 11.1. The molecule has 2 heterocycles. The van der Waals surface area contributed by atoms with Crippen LogP contribution in [0.3, 0.4) is 0 Å². The maximum atomic E-state index is 14.1. The molecule has 0 saturated heterocycles. The third-order valence-electron chi connectivity index (χ3n) is 7.08. The molecule has 8 heteroatoms. The van der Waals surface area contributed by atoms with Crippen molar-refractivity contribution in [3.63, 3.8) is 0 Å². The summed E-state index contributed by atoms with van der Waals surface area (Å²) in [6, 6.07) is 22.5. The highest BCUT2D eigenvalue weighted by molar-refractivity contribution is 7.07. The van der Waals surface area contributed by atoms with Crippen LogP contribution in [0.15, 0.2) is 88.2 Å². The summed E-state index contributed by atoms with van der Waals surface area (Å²) in [5, 5.41) is 0. The van der Waals surface area contributed by atoms with E-state index in [0.717, 1.165) is 16.7 Å². The van der Waals surface area contributed by atoms with Gasteiger partial charge in [0.05, 0.1) is 42.2 Å². The fourth-order valence-electron chi connectivity index (χ4n) is 5.02. The van der Waals surface area contributed by atoms with Crippen molar-refractivity contribution < 1.29 is 19.0 Å². The number of fused-ring (bicyclic) bond motifs is 1. The van der Waals surface area contributed by atoms with E-state index in [4.69, 9.17) is 19.2 Å². The van der Waals surface area contributed by atoms with Crippen LogP contribution in [0.2, 0.25) is 0 Å². The van der Waals surface area contributed by atoms with E-state index in [9.17, 15) is 9.59 Å². The molecule has 0 bridgehead atoms. The van der Waals surface area contributed by atoms with Crippen molar-refractivity contribution in [2.24, 2.45) is 4.99 Å². The molecule has 0 spiro atoms. The minimum absolute atomic E-state index is 0.202. The number of rotatable bonds is 9. The summed E-state index contributed by atoms with van der Waals surface area (Å²) in [4.78, 5) is 33.2. The van der Waals surface area contributed by atoms with Crippen molar-refractivity contribution in [2.75, 3.05) is 20.3 Å². The van der Waals surface area contributed by atoms with Crippen LogP contribution in [0.1, 0.15) is 61.9 Å². The normalized spacial score (nSPS) is 14.9. The zero-order valence-electron chi connectivity index (χ0n) is 24.4. The second-order valence-electron chi connectivity index (χ2n) is 10.1. The fraction of sp³-hybridized carbons (Fsp3) is 0.265. The van der Waals surface area contributed by atoms with Crippen LogP contribution in [-0.2, 0) is 9.53 Å². The van der Waals surface area contributed by atoms with Crippen molar-refractivity contribution in [1.29, 1.82) is 0 Å². The van der Waals surface area contributed by atoms with Gasteiger partial charge in [0, 0.05) is 5.56 Å². The van der Waals surface area contributed by atoms with Crippen LogP contribution in [-0.4, -0.2) is 30.9 Å². The van der Waals surface area contributed by atoms with Crippen LogP contribution in [0.25, 0.3) is 11.8 Å². The van der Waals surface area contributed by atoms with Gasteiger partial charge in [-0.1, -0.05) is 85.8 Å². The number of esters is 1. The molecular formula is C34H34N2O5S. The number of benzene rings is 3. The standard InChI is InChI=1S/C34H34N2O5S/c1-6-40-26-18-13-22(19-27(26)39-5)20-28-32(37)36-31(25-16-14-23(15-17-25)21(3)4)29(33(38)41-7-2)30(35-34(36)42-28)24-11-9-8-10-12-24/h8-21,31H,6-7H2,1-5H3/b28-20-/t31-/m0/s1. The molecule has 3 aromatic carbocycles. The molecule has 0 unspecified atom stereocenters. The molecule has 5 rings (SSSR count). The quantitative estimate of drug-likeness (QED) is 0.245. The lowest BCUT2D eigenvalue weighted by Crippen LogP contribution is -2.40. The highest BCUT2D eigenvalue weighted by Gasteiger charge is 2.35. The molecular weight excluding hydrogens is 548 g/mol. The molecule has 0 N–H and O–H groups in total. The number of methoxy groups -OCH3 is 1. The third-order valence-corrected chi connectivity index (χ3v) is 8.06. The Morgan fingerprint density at radius 2 is 1.74 bits per heavy atom. The van der Waals surface area contributed by atoms with Crippen molar-refractivity contribution in [2.45, 2.75) is 39.7 Å². The molecule has 0 radical (unpaired) electrons. The molecule has 1 aliphatic heterocycles. The molecule has 7 nitrogen and oxygen atoms in total. The minimum Gasteiger partial charge on any atom is -0.493 e. The zero-order chi connectivity index (χ0) is 29.8. The predicted octanol–water partition coefficient (Wildman–Crippen LogP) is 5.47. The monoisotopic (exact) mass is 582 g/mol. The Morgan fingerprint density at radius 1 is 1.00 bits per heavy atom.